The Labute approximate surface area is 262 Å². The number of benzene rings is 7. The maximum Gasteiger partial charge on any atom is 0.0548 e. The van der Waals surface area contributed by atoms with Crippen LogP contribution in [0.2, 0.25) is 0 Å². The second kappa shape index (κ2) is 10.1. The summed E-state index contributed by atoms with van der Waals surface area (Å²) in [6.45, 7) is 2.18. The van der Waals surface area contributed by atoms with Crippen molar-refractivity contribution in [2.75, 3.05) is 0 Å². The fraction of sp³-hybridized carbons (Fsp3) is 0.0233. The van der Waals surface area contributed by atoms with Gasteiger partial charge in [-0.25, -0.2) is 0 Å². The Balaban J connectivity index is 1.28. The van der Waals surface area contributed by atoms with E-state index in [4.69, 9.17) is 0 Å². The highest BCUT2D eigenvalue weighted by molar-refractivity contribution is 6.28. The van der Waals surface area contributed by atoms with Gasteiger partial charge in [0.05, 0.1) is 22.1 Å². The molecule has 9 rings (SSSR count). The molecule has 0 saturated carbocycles. The van der Waals surface area contributed by atoms with Gasteiger partial charge < -0.3 is 9.13 Å². The lowest BCUT2D eigenvalue weighted by molar-refractivity contribution is 1.17. The standard InChI is InChI=1S/C43H30N2/c1-29-11-5-6-14-35(29)32-21-25-34(26-22-32)45-39-18-10-8-16-37(39)43-41(45)28-27-40-42(43)36-15-7-9-17-38(36)44(40)33-23-19-31(20-24-33)30-12-3-2-4-13-30/h2-28H,1H3. The number of fused-ring (bicyclic) bond motifs is 7. The molecule has 0 unspecified atom stereocenters. The zero-order valence-corrected chi connectivity index (χ0v) is 25.0. The molecule has 45 heavy (non-hydrogen) atoms. The molecule has 0 atom stereocenters. The van der Waals surface area contributed by atoms with Crippen molar-refractivity contribution in [3.05, 3.63) is 169 Å². The Morgan fingerprint density at radius 2 is 0.778 bits per heavy atom. The van der Waals surface area contributed by atoms with E-state index in [1.165, 1.54) is 71.4 Å². The Hall–Kier alpha value is -5.86. The molecule has 0 aliphatic carbocycles. The predicted molar refractivity (Wildman–Crippen MR) is 191 cm³/mol. The third kappa shape index (κ3) is 3.96. The second-order valence-corrected chi connectivity index (χ2v) is 11.8. The number of hydrogen-bond acceptors (Lipinski definition) is 0. The van der Waals surface area contributed by atoms with E-state index in [0.717, 1.165) is 11.4 Å². The van der Waals surface area contributed by atoms with E-state index in [1.807, 2.05) is 0 Å². The minimum atomic E-state index is 1.16. The molecule has 0 radical (unpaired) electrons. The lowest BCUT2D eigenvalue weighted by atomic mass is 10.0. The fourth-order valence-corrected chi connectivity index (χ4v) is 7.19. The molecule has 0 bridgehead atoms. The first-order chi connectivity index (χ1) is 22.3. The molecular formula is C43H30N2. The number of hydrogen-bond donors (Lipinski definition) is 0. The van der Waals surface area contributed by atoms with Gasteiger partial charge in [-0.1, -0.05) is 115 Å². The van der Waals surface area contributed by atoms with Crippen molar-refractivity contribution < 1.29 is 0 Å². The molecule has 2 nitrogen and oxygen atoms in total. The third-order valence-electron chi connectivity index (χ3n) is 9.29. The number of nitrogens with zero attached hydrogens (tertiary/aromatic N) is 2. The summed E-state index contributed by atoms with van der Waals surface area (Å²) < 4.78 is 4.84. The molecule has 2 heterocycles. The van der Waals surface area contributed by atoms with Crippen LogP contribution in [-0.2, 0) is 0 Å². The van der Waals surface area contributed by atoms with Crippen LogP contribution in [0.3, 0.4) is 0 Å². The smallest absolute Gasteiger partial charge is 0.0548 e. The van der Waals surface area contributed by atoms with E-state index >= 15 is 0 Å². The van der Waals surface area contributed by atoms with Crippen molar-refractivity contribution in [3.8, 4) is 33.6 Å². The van der Waals surface area contributed by atoms with Crippen molar-refractivity contribution >= 4 is 43.6 Å². The second-order valence-electron chi connectivity index (χ2n) is 11.8. The topological polar surface area (TPSA) is 9.86 Å². The normalized spacial score (nSPS) is 11.7. The van der Waals surface area contributed by atoms with Crippen LogP contribution in [0.15, 0.2) is 164 Å². The molecule has 7 aromatic carbocycles. The van der Waals surface area contributed by atoms with Crippen LogP contribution in [0.1, 0.15) is 5.56 Å². The number of aryl methyl sites for hydroxylation is 1. The molecule has 0 spiro atoms. The van der Waals surface area contributed by atoms with Gasteiger partial charge in [0.25, 0.3) is 0 Å². The van der Waals surface area contributed by atoms with Crippen LogP contribution in [-0.4, -0.2) is 9.13 Å². The van der Waals surface area contributed by atoms with Gasteiger partial charge in [-0.05, 0) is 83.3 Å². The minimum absolute atomic E-state index is 1.16. The average Bonchev–Trinajstić information content (AvgIpc) is 3.62. The monoisotopic (exact) mass is 574 g/mol. The lowest BCUT2D eigenvalue weighted by Crippen LogP contribution is -1.95. The van der Waals surface area contributed by atoms with E-state index in [-0.39, 0.29) is 0 Å². The maximum absolute atomic E-state index is 2.42. The van der Waals surface area contributed by atoms with Crippen LogP contribution in [0.5, 0.6) is 0 Å². The fourth-order valence-electron chi connectivity index (χ4n) is 7.19. The summed E-state index contributed by atoms with van der Waals surface area (Å²) in [6.07, 6.45) is 0. The van der Waals surface area contributed by atoms with Gasteiger partial charge in [0, 0.05) is 32.9 Å². The third-order valence-corrected chi connectivity index (χ3v) is 9.29. The Kier molecular flexibility index (Phi) is 5.76. The molecular weight excluding hydrogens is 544 g/mol. The van der Waals surface area contributed by atoms with E-state index in [1.54, 1.807) is 0 Å². The highest BCUT2D eigenvalue weighted by atomic mass is 15.0. The summed E-state index contributed by atoms with van der Waals surface area (Å²) in [7, 11) is 0. The molecule has 0 N–H and O–H groups in total. The van der Waals surface area contributed by atoms with Gasteiger partial charge in [-0.2, -0.15) is 0 Å². The van der Waals surface area contributed by atoms with Crippen molar-refractivity contribution in [2.45, 2.75) is 6.92 Å². The largest absolute Gasteiger partial charge is 0.309 e. The molecule has 0 amide bonds. The summed E-state index contributed by atoms with van der Waals surface area (Å²) in [6, 6.07) is 59.4. The zero-order valence-electron chi connectivity index (χ0n) is 25.0. The first-order valence-corrected chi connectivity index (χ1v) is 15.5. The first-order valence-electron chi connectivity index (χ1n) is 15.5. The summed E-state index contributed by atoms with van der Waals surface area (Å²) >= 11 is 0. The number of para-hydroxylation sites is 2. The quantitative estimate of drug-likeness (QED) is 0.198. The van der Waals surface area contributed by atoms with Crippen molar-refractivity contribution in [3.63, 3.8) is 0 Å². The summed E-state index contributed by atoms with van der Waals surface area (Å²) in [5.74, 6) is 0. The Morgan fingerprint density at radius 3 is 1.33 bits per heavy atom. The Bertz CT molecular complexity index is 2510. The van der Waals surface area contributed by atoms with Gasteiger partial charge >= 0.3 is 0 Å². The van der Waals surface area contributed by atoms with Gasteiger partial charge in [-0.15, -0.1) is 0 Å². The maximum atomic E-state index is 2.42. The summed E-state index contributed by atoms with van der Waals surface area (Å²) in [4.78, 5) is 0. The predicted octanol–water partition coefficient (Wildman–Crippen LogP) is 11.5. The van der Waals surface area contributed by atoms with Crippen LogP contribution < -0.4 is 0 Å². The van der Waals surface area contributed by atoms with Crippen LogP contribution in [0, 0.1) is 6.92 Å². The van der Waals surface area contributed by atoms with Gasteiger partial charge in [0.2, 0.25) is 0 Å². The van der Waals surface area contributed by atoms with Crippen molar-refractivity contribution in [2.24, 2.45) is 0 Å². The molecule has 212 valence electrons. The minimum Gasteiger partial charge on any atom is -0.309 e. The molecule has 2 heteroatoms. The molecule has 9 aromatic rings. The molecule has 0 fully saturated rings. The Morgan fingerprint density at radius 1 is 0.333 bits per heavy atom. The van der Waals surface area contributed by atoms with E-state index in [2.05, 4.69) is 180 Å². The number of rotatable bonds is 4. The summed E-state index contributed by atoms with van der Waals surface area (Å²) in [5, 5.41) is 5.12. The van der Waals surface area contributed by atoms with Gasteiger partial charge in [-0.3, -0.25) is 0 Å². The van der Waals surface area contributed by atoms with E-state index < -0.39 is 0 Å². The highest BCUT2D eigenvalue weighted by Crippen LogP contribution is 2.42. The zero-order chi connectivity index (χ0) is 29.9. The molecule has 0 aliphatic rings. The van der Waals surface area contributed by atoms with Gasteiger partial charge in [0.1, 0.15) is 0 Å². The van der Waals surface area contributed by atoms with Crippen LogP contribution in [0.4, 0.5) is 0 Å². The average molecular weight is 575 g/mol. The van der Waals surface area contributed by atoms with Crippen molar-refractivity contribution in [1.82, 2.24) is 9.13 Å². The van der Waals surface area contributed by atoms with E-state index in [9.17, 15) is 0 Å². The lowest BCUT2D eigenvalue weighted by Gasteiger charge is -2.11. The van der Waals surface area contributed by atoms with Crippen molar-refractivity contribution in [1.29, 1.82) is 0 Å². The number of aromatic nitrogens is 2. The first kappa shape index (κ1) is 25.6. The summed E-state index contributed by atoms with van der Waals surface area (Å²) in [5.41, 5.74) is 13.4. The van der Waals surface area contributed by atoms with Crippen LogP contribution >= 0.6 is 0 Å². The SMILES string of the molecule is Cc1ccccc1-c1ccc(-n2c3ccccc3c3c4c5ccccc5n(-c5ccc(-c6ccccc6)cc5)c4ccc32)cc1. The van der Waals surface area contributed by atoms with E-state index in [0.29, 0.717) is 0 Å². The van der Waals surface area contributed by atoms with Gasteiger partial charge in [0.15, 0.2) is 0 Å². The molecule has 0 saturated heterocycles. The molecule has 0 aliphatic heterocycles. The highest BCUT2D eigenvalue weighted by Gasteiger charge is 2.20. The van der Waals surface area contributed by atoms with Crippen LogP contribution in [0.25, 0.3) is 77.2 Å². The molecule has 2 aromatic heterocycles.